The molecule has 1 aromatic carbocycles. The molecule has 0 bridgehead atoms. The van der Waals surface area contributed by atoms with Crippen molar-refractivity contribution in [3.05, 3.63) is 35.4 Å². The van der Waals surface area contributed by atoms with Gasteiger partial charge >= 0.3 is 0 Å². The molecular weight excluding hydrogens is 240 g/mol. The summed E-state index contributed by atoms with van der Waals surface area (Å²) < 4.78 is 26.7. The van der Waals surface area contributed by atoms with Crippen molar-refractivity contribution in [3.8, 4) is 0 Å². The zero-order chi connectivity index (χ0) is 12.3. The SMILES string of the molecule is CSC1(CNCc2cccc(F)c2F)CCC1. The van der Waals surface area contributed by atoms with Crippen LogP contribution in [0, 0.1) is 11.6 Å². The molecule has 0 saturated heterocycles. The highest BCUT2D eigenvalue weighted by Crippen LogP contribution is 2.42. The van der Waals surface area contributed by atoms with Crippen molar-refractivity contribution in [1.29, 1.82) is 0 Å². The van der Waals surface area contributed by atoms with E-state index in [1.54, 1.807) is 12.1 Å². The summed E-state index contributed by atoms with van der Waals surface area (Å²) in [5.41, 5.74) is 0.403. The third-order valence-corrected chi connectivity index (χ3v) is 4.91. The Morgan fingerprint density at radius 2 is 2.12 bits per heavy atom. The maximum absolute atomic E-state index is 13.4. The van der Waals surface area contributed by atoms with Gasteiger partial charge < -0.3 is 5.32 Å². The summed E-state index contributed by atoms with van der Waals surface area (Å²) in [6.45, 7) is 1.26. The van der Waals surface area contributed by atoms with E-state index in [9.17, 15) is 8.78 Å². The van der Waals surface area contributed by atoms with Gasteiger partial charge in [-0.3, -0.25) is 0 Å². The first-order valence-electron chi connectivity index (χ1n) is 5.86. The molecule has 1 fully saturated rings. The normalized spacial score (nSPS) is 17.8. The monoisotopic (exact) mass is 257 g/mol. The molecule has 0 heterocycles. The fourth-order valence-corrected chi connectivity index (χ4v) is 3.08. The van der Waals surface area contributed by atoms with E-state index in [0.717, 1.165) is 12.6 Å². The van der Waals surface area contributed by atoms with Gasteiger partial charge in [-0.15, -0.1) is 0 Å². The van der Waals surface area contributed by atoms with Gasteiger partial charge in [0.2, 0.25) is 0 Å². The molecule has 0 amide bonds. The Bertz CT molecular complexity index is 385. The summed E-state index contributed by atoms with van der Waals surface area (Å²) in [4.78, 5) is 0. The molecule has 1 saturated carbocycles. The van der Waals surface area contributed by atoms with Crippen molar-refractivity contribution in [2.75, 3.05) is 12.8 Å². The fourth-order valence-electron chi connectivity index (χ4n) is 2.13. The number of rotatable bonds is 5. The average Bonchev–Trinajstić information content (AvgIpc) is 2.28. The van der Waals surface area contributed by atoms with E-state index in [0.29, 0.717) is 16.9 Å². The van der Waals surface area contributed by atoms with Crippen molar-refractivity contribution in [2.24, 2.45) is 0 Å². The highest BCUT2D eigenvalue weighted by atomic mass is 32.2. The predicted molar refractivity (Wildman–Crippen MR) is 68.2 cm³/mol. The van der Waals surface area contributed by atoms with Gasteiger partial charge in [-0.25, -0.2) is 8.78 Å². The molecule has 0 aliphatic heterocycles. The largest absolute Gasteiger partial charge is 0.311 e. The molecule has 1 N–H and O–H groups in total. The smallest absolute Gasteiger partial charge is 0.163 e. The highest BCUT2D eigenvalue weighted by Gasteiger charge is 2.35. The standard InChI is InChI=1S/C13H17F2NS/c1-17-13(6-3-7-13)9-16-8-10-4-2-5-11(14)12(10)15/h2,4-5,16H,3,6-9H2,1H3. The second-order valence-corrected chi connectivity index (χ2v) is 5.83. The van der Waals surface area contributed by atoms with Crippen LogP contribution in [0.2, 0.25) is 0 Å². The van der Waals surface area contributed by atoms with Gasteiger partial charge in [0, 0.05) is 23.4 Å². The van der Waals surface area contributed by atoms with Gasteiger partial charge in [0.15, 0.2) is 11.6 Å². The second kappa shape index (κ2) is 5.36. The molecule has 94 valence electrons. The Hall–Kier alpha value is -0.610. The van der Waals surface area contributed by atoms with Crippen LogP contribution in [-0.4, -0.2) is 17.5 Å². The summed E-state index contributed by atoms with van der Waals surface area (Å²) in [5, 5.41) is 3.24. The van der Waals surface area contributed by atoms with Crippen LogP contribution in [0.4, 0.5) is 8.78 Å². The first kappa shape index (κ1) is 12.8. The van der Waals surface area contributed by atoms with Crippen LogP contribution >= 0.6 is 11.8 Å². The van der Waals surface area contributed by atoms with Crippen LogP contribution in [0.25, 0.3) is 0 Å². The predicted octanol–water partition coefficient (Wildman–Crippen LogP) is 3.34. The number of halogens is 2. The summed E-state index contributed by atoms with van der Waals surface area (Å²) in [5.74, 6) is -1.50. The number of hydrogen-bond donors (Lipinski definition) is 1. The van der Waals surface area contributed by atoms with Gasteiger partial charge in [0.1, 0.15) is 0 Å². The third kappa shape index (κ3) is 2.80. The summed E-state index contributed by atoms with van der Waals surface area (Å²) in [6, 6.07) is 4.31. The molecule has 0 atom stereocenters. The van der Waals surface area contributed by atoms with Crippen LogP contribution in [0.3, 0.4) is 0 Å². The van der Waals surface area contributed by atoms with E-state index in [4.69, 9.17) is 0 Å². The Morgan fingerprint density at radius 3 is 2.71 bits per heavy atom. The first-order valence-corrected chi connectivity index (χ1v) is 7.08. The number of hydrogen-bond acceptors (Lipinski definition) is 2. The van der Waals surface area contributed by atoms with Gasteiger partial charge in [-0.1, -0.05) is 18.6 Å². The Morgan fingerprint density at radius 1 is 1.35 bits per heavy atom. The summed E-state index contributed by atoms with van der Waals surface area (Å²) in [7, 11) is 0. The summed E-state index contributed by atoms with van der Waals surface area (Å²) in [6.07, 6.45) is 5.82. The Kier molecular flexibility index (Phi) is 4.05. The molecule has 0 spiro atoms. The van der Waals surface area contributed by atoms with E-state index >= 15 is 0 Å². The molecule has 1 aromatic rings. The van der Waals surface area contributed by atoms with Gasteiger partial charge in [-0.2, -0.15) is 11.8 Å². The van der Waals surface area contributed by atoms with E-state index in [-0.39, 0.29) is 0 Å². The lowest BCUT2D eigenvalue weighted by molar-refractivity contribution is 0.344. The Balaban J connectivity index is 1.88. The molecule has 1 nitrogen and oxygen atoms in total. The molecule has 2 rings (SSSR count). The fraction of sp³-hybridized carbons (Fsp3) is 0.538. The minimum Gasteiger partial charge on any atom is -0.311 e. The maximum atomic E-state index is 13.4. The lowest BCUT2D eigenvalue weighted by Gasteiger charge is -2.40. The Labute approximate surface area is 105 Å². The average molecular weight is 257 g/mol. The van der Waals surface area contributed by atoms with Crippen LogP contribution < -0.4 is 5.32 Å². The van der Waals surface area contributed by atoms with Crippen LogP contribution in [-0.2, 0) is 6.54 Å². The van der Waals surface area contributed by atoms with Crippen molar-refractivity contribution in [1.82, 2.24) is 5.32 Å². The van der Waals surface area contributed by atoms with Gasteiger partial charge in [0.05, 0.1) is 0 Å². The van der Waals surface area contributed by atoms with Crippen molar-refractivity contribution in [3.63, 3.8) is 0 Å². The maximum Gasteiger partial charge on any atom is 0.163 e. The lowest BCUT2D eigenvalue weighted by Crippen LogP contribution is -2.43. The summed E-state index contributed by atoms with van der Waals surface area (Å²) >= 11 is 1.87. The molecule has 0 aromatic heterocycles. The van der Waals surface area contributed by atoms with E-state index in [1.165, 1.54) is 19.3 Å². The van der Waals surface area contributed by atoms with Crippen LogP contribution in [0.15, 0.2) is 18.2 Å². The minimum absolute atomic E-state index is 0.323. The molecule has 0 unspecified atom stereocenters. The topological polar surface area (TPSA) is 12.0 Å². The van der Waals surface area contributed by atoms with Gasteiger partial charge in [-0.05, 0) is 25.2 Å². The zero-order valence-electron chi connectivity index (χ0n) is 9.93. The highest BCUT2D eigenvalue weighted by molar-refractivity contribution is 8.00. The molecule has 1 aliphatic carbocycles. The molecule has 17 heavy (non-hydrogen) atoms. The molecule has 0 radical (unpaired) electrons. The van der Waals surface area contributed by atoms with E-state index in [2.05, 4.69) is 11.6 Å². The lowest BCUT2D eigenvalue weighted by atomic mass is 9.84. The van der Waals surface area contributed by atoms with Crippen LogP contribution in [0.5, 0.6) is 0 Å². The van der Waals surface area contributed by atoms with E-state index in [1.807, 2.05) is 11.8 Å². The van der Waals surface area contributed by atoms with E-state index < -0.39 is 11.6 Å². The second-order valence-electron chi connectivity index (χ2n) is 4.56. The molecule has 1 aliphatic rings. The van der Waals surface area contributed by atoms with Crippen molar-refractivity contribution in [2.45, 2.75) is 30.6 Å². The van der Waals surface area contributed by atoms with Crippen LogP contribution in [0.1, 0.15) is 24.8 Å². The minimum atomic E-state index is -0.771. The first-order chi connectivity index (χ1) is 8.17. The number of benzene rings is 1. The number of thioether (sulfide) groups is 1. The molecular formula is C13H17F2NS. The number of nitrogens with one attached hydrogen (secondary N) is 1. The van der Waals surface area contributed by atoms with Crippen molar-refractivity contribution < 1.29 is 8.78 Å². The van der Waals surface area contributed by atoms with Gasteiger partial charge in [0.25, 0.3) is 0 Å². The third-order valence-electron chi connectivity index (χ3n) is 3.49. The molecule has 4 heteroatoms. The zero-order valence-corrected chi connectivity index (χ0v) is 10.7. The quantitative estimate of drug-likeness (QED) is 0.868. The van der Waals surface area contributed by atoms with Crippen molar-refractivity contribution >= 4 is 11.8 Å².